The molecule has 1 aromatic carbocycles. The van der Waals surface area contributed by atoms with E-state index in [1.807, 2.05) is 40.8 Å². The number of anilines is 1. The number of aromatic nitrogens is 2. The molecular weight excluding hydrogens is 392 g/mol. The third-order valence-corrected chi connectivity index (χ3v) is 6.90. The van der Waals surface area contributed by atoms with Crippen molar-refractivity contribution in [1.82, 2.24) is 15.1 Å². The summed E-state index contributed by atoms with van der Waals surface area (Å²) in [6.45, 7) is 1.99. The van der Waals surface area contributed by atoms with Gasteiger partial charge in [-0.1, -0.05) is 25.0 Å². The molecule has 0 spiro atoms. The van der Waals surface area contributed by atoms with E-state index in [1.165, 1.54) is 31.2 Å². The van der Waals surface area contributed by atoms with Crippen molar-refractivity contribution in [3.8, 4) is 0 Å². The average molecular weight is 421 g/mol. The molecule has 1 saturated heterocycles. The number of nitrogens with one attached hydrogen (secondary N) is 2. The normalized spacial score (nSPS) is 19.9. The molecule has 7 heteroatoms. The molecule has 4 rings (SSSR count). The Hall–Kier alpha value is -1.50. The minimum atomic E-state index is -0.141. The summed E-state index contributed by atoms with van der Waals surface area (Å²) in [6.07, 6.45) is 9.62. The van der Waals surface area contributed by atoms with Crippen molar-refractivity contribution in [3.63, 3.8) is 0 Å². The number of rotatable bonds is 6. The van der Waals surface area contributed by atoms with Crippen LogP contribution in [0.2, 0.25) is 0 Å². The van der Waals surface area contributed by atoms with Gasteiger partial charge in [0.05, 0.1) is 6.04 Å². The van der Waals surface area contributed by atoms with Gasteiger partial charge in [0.1, 0.15) is 0 Å². The molecule has 0 bridgehead atoms. The second-order valence-corrected chi connectivity index (χ2v) is 8.84. The first-order chi connectivity index (χ1) is 13.3. The van der Waals surface area contributed by atoms with Gasteiger partial charge in [-0.2, -0.15) is 16.9 Å². The lowest BCUT2D eigenvalue weighted by Gasteiger charge is -2.22. The van der Waals surface area contributed by atoms with Crippen LogP contribution in [0.5, 0.6) is 0 Å². The monoisotopic (exact) mass is 420 g/mol. The van der Waals surface area contributed by atoms with Crippen LogP contribution < -0.4 is 10.6 Å². The van der Waals surface area contributed by atoms with E-state index in [9.17, 15) is 4.79 Å². The van der Waals surface area contributed by atoms with Crippen LogP contribution in [0, 0.1) is 0 Å². The van der Waals surface area contributed by atoms with Crippen molar-refractivity contribution in [2.75, 3.05) is 18.4 Å². The van der Waals surface area contributed by atoms with Crippen LogP contribution in [0.4, 0.5) is 5.69 Å². The summed E-state index contributed by atoms with van der Waals surface area (Å²) in [5.41, 5.74) is 2.59. The molecule has 2 aliphatic rings. The summed E-state index contributed by atoms with van der Waals surface area (Å²) in [5.74, 6) is 0.871. The Morgan fingerprint density at radius 1 is 1.21 bits per heavy atom. The molecule has 1 atom stereocenters. The summed E-state index contributed by atoms with van der Waals surface area (Å²) in [6, 6.07) is 10.3. The number of hydrogen-bond acceptors (Lipinski definition) is 4. The molecule has 5 nitrogen and oxygen atoms in total. The number of halogens is 1. The summed E-state index contributed by atoms with van der Waals surface area (Å²) < 4.78 is 1.93. The maximum absolute atomic E-state index is 12.6. The number of hydrogen-bond donors (Lipinski definition) is 2. The number of amides is 1. The Labute approximate surface area is 177 Å². The van der Waals surface area contributed by atoms with E-state index in [2.05, 4.69) is 27.9 Å². The third kappa shape index (κ3) is 5.52. The fourth-order valence-electron chi connectivity index (χ4n) is 3.92. The van der Waals surface area contributed by atoms with E-state index in [-0.39, 0.29) is 18.3 Å². The van der Waals surface area contributed by atoms with Crippen molar-refractivity contribution < 1.29 is 4.79 Å². The quantitative estimate of drug-likeness (QED) is 0.713. The highest BCUT2D eigenvalue weighted by molar-refractivity contribution is 7.99. The first-order valence-corrected chi connectivity index (χ1v) is 11.1. The molecular formula is C21H29ClN4OS. The zero-order valence-electron chi connectivity index (χ0n) is 16.1. The van der Waals surface area contributed by atoms with Crippen LogP contribution >= 0.6 is 24.2 Å². The van der Waals surface area contributed by atoms with Crippen LogP contribution in [-0.4, -0.2) is 34.0 Å². The number of nitrogens with zero attached hydrogens (tertiary/aromatic N) is 2. The SMILES string of the molecule is Cl.O=C(Nc1cccc(CSC2CCCC2)c1)c1ccn(C2CCCNC2)n1. The van der Waals surface area contributed by atoms with E-state index in [4.69, 9.17) is 0 Å². The van der Waals surface area contributed by atoms with Gasteiger partial charge in [0, 0.05) is 29.4 Å². The number of carbonyl (C=O) groups is 1. The zero-order chi connectivity index (χ0) is 18.5. The van der Waals surface area contributed by atoms with Crippen molar-refractivity contribution in [1.29, 1.82) is 0 Å². The van der Waals surface area contributed by atoms with Crippen LogP contribution in [0.15, 0.2) is 36.5 Å². The van der Waals surface area contributed by atoms with E-state index < -0.39 is 0 Å². The van der Waals surface area contributed by atoms with Gasteiger partial charge in [-0.25, -0.2) is 0 Å². The number of benzene rings is 1. The molecule has 1 unspecified atom stereocenters. The summed E-state index contributed by atoms with van der Waals surface area (Å²) >= 11 is 2.05. The zero-order valence-corrected chi connectivity index (χ0v) is 17.7. The molecule has 2 N–H and O–H groups in total. The van der Waals surface area contributed by atoms with E-state index in [1.54, 1.807) is 0 Å². The predicted octanol–water partition coefficient (Wildman–Crippen LogP) is 4.66. The topological polar surface area (TPSA) is 59.0 Å². The van der Waals surface area contributed by atoms with Crippen molar-refractivity contribution in [2.45, 2.75) is 55.6 Å². The molecule has 2 fully saturated rings. The van der Waals surface area contributed by atoms with Gasteiger partial charge < -0.3 is 10.6 Å². The highest BCUT2D eigenvalue weighted by atomic mass is 35.5. The van der Waals surface area contributed by atoms with Gasteiger partial charge in [-0.15, -0.1) is 12.4 Å². The van der Waals surface area contributed by atoms with Crippen molar-refractivity contribution in [3.05, 3.63) is 47.8 Å². The molecule has 1 amide bonds. The Bertz CT molecular complexity index is 769. The lowest BCUT2D eigenvalue weighted by atomic mass is 10.1. The number of carbonyl (C=O) groups excluding carboxylic acids is 1. The third-order valence-electron chi connectivity index (χ3n) is 5.46. The van der Waals surface area contributed by atoms with Crippen molar-refractivity contribution >= 4 is 35.8 Å². The molecule has 1 saturated carbocycles. The Morgan fingerprint density at radius 2 is 2.07 bits per heavy atom. The van der Waals surface area contributed by atoms with Gasteiger partial charge in [0.25, 0.3) is 5.91 Å². The van der Waals surface area contributed by atoms with Crippen LogP contribution in [-0.2, 0) is 5.75 Å². The van der Waals surface area contributed by atoms with Gasteiger partial charge in [0.2, 0.25) is 0 Å². The first-order valence-electron chi connectivity index (χ1n) is 10.1. The molecule has 2 aromatic rings. The minimum Gasteiger partial charge on any atom is -0.321 e. The van der Waals surface area contributed by atoms with Gasteiger partial charge in [-0.05, 0) is 56.0 Å². The minimum absolute atomic E-state index is 0. The smallest absolute Gasteiger partial charge is 0.276 e. The Morgan fingerprint density at radius 3 is 2.86 bits per heavy atom. The highest BCUT2D eigenvalue weighted by Gasteiger charge is 2.18. The van der Waals surface area contributed by atoms with E-state index in [0.29, 0.717) is 11.7 Å². The van der Waals surface area contributed by atoms with Gasteiger partial charge in [0.15, 0.2) is 5.69 Å². The molecule has 0 radical (unpaired) electrons. The predicted molar refractivity (Wildman–Crippen MR) is 119 cm³/mol. The molecule has 28 heavy (non-hydrogen) atoms. The fraction of sp³-hybridized carbons (Fsp3) is 0.524. The Balaban J connectivity index is 0.00000225. The maximum atomic E-state index is 12.6. The van der Waals surface area contributed by atoms with Gasteiger partial charge >= 0.3 is 0 Å². The lowest BCUT2D eigenvalue weighted by molar-refractivity contribution is 0.102. The van der Waals surface area contributed by atoms with E-state index >= 15 is 0 Å². The number of piperidine rings is 1. The summed E-state index contributed by atoms with van der Waals surface area (Å²) in [7, 11) is 0. The molecule has 1 aromatic heterocycles. The number of thioether (sulfide) groups is 1. The Kier molecular flexibility index (Phi) is 7.82. The van der Waals surface area contributed by atoms with Crippen LogP contribution in [0.25, 0.3) is 0 Å². The second-order valence-electron chi connectivity index (χ2n) is 7.55. The first kappa shape index (κ1) is 21.2. The maximum Gasteiger partial charge on any atom is 0.276 e. The molecule has 2 heterocycles. The van der Waals surface area contributed by atoms with Gasteiger partial charge in [-0.3, -0.25) is 9.48 Å². The average Bonchev–Trinajstić information content (AvgIpc) is 3.39. The highest BCUT2D eigenvalue weighted by Crippen LogP contribution is 2.32. The van der Waals surface area contributed by atoms with E-state index in [0.717, 1.165) is 42.6 Å². The second kappa shape index (κ2) is 10.3. The lowest BCUT2D eigenvalue weighted by Crippen LogP contribution is -2.32. The summed E-state index contributed by atoms with van der Waals surface area (Å²) in [5, 5.41) is 11.7. The van der Waals surface area contributed by atoms with Crippen LogP contribution in [0.1, 0.15) is 60.6 Å². The fourth-order valence-corrected chi connectivity index (χ4v) is 5.20. The molecule has 1 aliphatic carbocycles. The largest absolute Gasteiger partial charge is 0.321 e. The van der Waals surface area contributed by atoms with Crippen molar-refractivity contribution in [2.24, 2.45) is 0 Å². The molecule has 152 valence electrons. The summed E-state index contributed by atoms with van der Waals surface area (Å²) in [4.78, 5) is 12.6. The molecule has 1 aliphatic heterocycles. The standard InChI is InChI=1S/C21H28N4OS.ClH/c26-21(20-10-12-25(24-20)18-7-4-11-22-14-18)23-17-6-3-5-16(13-17)15-27-19-8-1-2-9-19;/h3,5-6,10,12-13,18-19,22H,1-2,4,7-9,11,14-15H2,(H,23,26);1H. The van der Waals surface area contributed by atoms with Crippen LogP contribution in [0.3, 0.4) is 0 Å².